The molecule has 0 heterocycles. The Labute approximate surface area is 88.9 Å². The first kappa shape index (κ1) is 12.0. The van der Waals surface area contributed by atoms with Crippen LogP contribution in [0, 0.1) is 11.8 Å². The molecule has 1 heteroatoms. The lowest BCUT2D eigenvalue weighted by Gasteiger charge is -2.33. The maximum atomic E-state index is 9.88. The topological polar surface area (TPSA) is 20.2 Å². The van der Waals surface area contributed by atoms with Crippen LogP contribution in [0.15, 0.2) is 0 Å². The van der Waals surface area contributed by atoms with Crippen molar-refractivity contribution in [1.82, 2.24) is 0 Å². The molecule has 1 fully saturated rings. The van der Waals surface area contributed by atoms with Crippen molar-refractivity contribution in [1.29, 1.82) is 0 Å². The largest absolute Gasteiger partial charge is 0.393 e. The third-order valence-corrected chi connectivity index (χ3v) is 3.81. The molecule has 0 amide bonds. The molecule has 1 nitrogen and oxygen atoms in total. The van der Waals surface area contributed by atoms with E-state index in [1.807, 2.05) is 0 Å². The van der Waals surface area contributed by atoms with E-state index in [2.05, 4.69) is 13.8 Å². The molecule has 0 aromatic rings. The van der Waals surface area contributed by atoms with E-state index in [-0.39, 0.29) is 6.10 Å². The van der Waals surface area contributed by atoms with Crippen molar-refractivity contribution in [2.24, 2.45) is 11.8 Å². The zero-order valence-corrected chi connectivity index (χ0v) is 9.84. The van der Waals surface area contributed by atoms with Gasteiger partial charge in [0.2, 0.25) is 0 Å². The summed E-state index contributed by atoms with van der Waals surface area (Å²) in [5, 5.41) is 9.88. The highest BCUT2D eigenvalue weighted by Crippen LogP contribution is 2.34. The number of hydrogen-bond donors (Lipinski definition) is 1. The second kappa shape index (κ2) is 6.44. The number of unbranched alkanes of at least 4 members (excludes halogenated alkanes) is 2. The van der Waals surface area contributed by atoms with E-state index in [9.17, 15) is 5.11 Å². The second-order valence-electron chi connectivity index (χ2n) is 4.91. The van der Waals surface area contributed by atoms with E-state index in [4.69, 9.17) is 0 Å². The Balaban J connectivity index is 2.25. The minimum absolute atomic E-state index is 0.00894. The number of aliphatic hydroxyl groups is 1. The number of aliphatic hydroxyl groups excluding tert-OH is 1. The molecule has 1 rings (SSSR count). The predicted molar refractivity (Wildman–Crippen MR) is 61.3 cm³/mol. The maximum Gasteiger partial charge on any atom is 0.0568 e. The summed E-state index contributed by atoms with van der Waals surface area (Å²) in [5.41, 5.74) is 0. The molecule has 3 unspecified atom stereocenters. The van der Waals surface area contributed by atoms with Crippen LogP contribution in [-0.4, -0.2) is 11.2 Å². The third kappa shape index (κ3) is 3.61. The minimum atomic E-state index is 0.00894. The van der Waals surface area contributed by atoms with Crippen LogP contribution in [0.4, 0.5) is 0 Å². The zero-order valence-electron chi connectivity index (χ0n) is 9.84. The van der Waals surface area contributed by atoms with Gasteiger partial charge in [-0.2, -0.15) is 0 Å². The standard InChI is InChI=1S/C13H26O/c1-3-5-6-7-12-10-11(4-2)8-9-13(12)14/h11-14H,3-10H2,1-2H3. The van der Waals surface area contributed by atoms with Crippen LogP contribution in [0.25, 0.3) is 0 Å². The van der Waals surface area contributed by atoms with Gasteiger partial charge in [0.15, 0.2) is 0 Å². The third-order valence-electron chi connectivity index (χ3n) is 3.81. The van der Waals surface area contributed by atoms with Crippen LogP contribution >= 0.6 is 0 Å². The molecule has 0 aromatic heterocycles. The van der Waals surface area contributed by atoms with E-state index in [1.54, 1.807) is 0 Å². The van der Waals surface area contributed by atoms with Gasteiger partial charge in [-0.1, -0.05) is 39.5 Å². The molecule has 1 N–H and O–H groups in total. The summed E-state index contributed by atoms with van der Waals surface area (Å²) in [6, 6.07) is 0. The molecule has 0 radical (unpaired) electrons. The SMILES string of the molecule is CCCCCC1CC(CC)CCC1O. The Bertz CT molecular complexity index is 144. The molecular formula is C13H26O. The van der Waals surface area contributed by atoms with E-state index >= 15 is 0 Å². The fraction of sp³-hybridized carbons (Fsp3) is 1.00. The molecule has 84 valence electrons. The monoisotopic (exact) mass is 198 g/mol. The van der Waals surface area contributed by atoms with Gasteiger partial charge in [-0.05, 0) is 37.5 Å². The summed E-state index contributed by atoms with van der Waals surface area (Å²) in [6.45, 7) is 4.53. The van der Waals surface area contributed by atoms with Gasteiger partial charge in [0.05, 0.1) is 6.10 Å². The summed E-state index contributed by atoms with van der Waals surface area (Å²) in [7, 11) is 0. The summed E-state index contributed by atoms with van der Waals surface area (Å²) in [5.74, 6) is 1.50. The molecule has 1 aliphatic carbocycles. The Morgan fingerprint density at radius 1 is 1.14 bits per heavy atom. The Kier molecular flexibility index (Phi) is 5.54. The van der Waals surface area contributed by atoms with E-state index < -0.39 is 0 Å². The molecule has 0 bridgehead atoms. The van der Waals surface area contributed by atoms with Gasteiger partial charge in [-0.25, -0.2) is 0 Å². The summed E-state index contributed by atoms with van der Waals surface area (Å²) >= 11 is 0. The van der Waals surface area contributed by atoms with Crippen molar-refractivity contribution >= 4 is 0 Å². The molecule has 0 spiro atoms. The van der Waals surface area contributed by atoms with Crippen LogP contribution in [0.1, 0.15) is 65.2 Å². The van der Waals surface area contributed by atoms with Gasteiger partial charge in [-0.15, -0.1) is 0 Å². The van der Waals surface area contributed by atoms with Crippen LogP contribution in [0.3, 0.4) is 0 Å². The molecular weight excluding hydrogens is 172 g/mol. The van der Waals surface area contributed by atoms with Gasteiger partial charge < -0.3 is 5.11 Å². The first-order valence-corrected chi connectivity index (χ1v) is 6.46. The van der Waals surface area contributed by atoms with E-state index in [0.29, 0.717) is 5.92 Å². The van der Waals surface area contributed by atoms with Gasteiger partial charge >= 0.3 is 0 Å². The van der Waals surface area contributed by atoms with E-state index in [1.165, 1.54) is 44.9 Å². The molecule has 1 saturated carbocycles. The van der Waals surface area contributed by atoms with Gasteiger partial charge in [0, 0.05) is 0 Å². The first-order chi connectivity index (χ1) is 6.77. The van der Waals surface area contributed by atoms with Gasteiger partial charge in [0.1, 0.15) is 0 Å². The van der Waals surface area contributed by atoms with Crippen molar-refractivity contribution < 1.29 is 5.11 Å². The van der Waals surface area contributed by atoms with Crippen molar-refractivity contribution in [2.45, 2.75) is 71.3 Å². The highest BCUT2D eigenvalue weighted by Gasteiger charge is 2.27. The highest BCUT2D eigenvalue weighted by atomic mass is 16.3. The predicted octanol–water partition coefficient (Wildman–Crippen LogP) is 3.75. The lowest BCUT2D eigenvalue weighted by Crippen LogP contribution is -2.28. The van der Waals surface area contributed by atoms with Crippen molar-refractivity contribution in [3.05, 3.63) is 0 Å². The first-order valence-electron chi connectivity index (χ1n) is 6.46. The molecule has 1 aliphatic rings. The summed E-state index contributed by atoms with van der Waals surface area (Å²) in [6.07, 6.45) is 10.1. The van der Waals surface area contributed by atoms with Crippen LogP contribution in [0.5, 0.6) is 0 Å². The Hall–Kier alpha value is -0.0400. The summed E-state index contributed by atoms with van der Waals surface area (Å²) in [4.78, 5) is 0. The fourth-order valence-corrected chi connectivity index (χ4v) is 2.68. The lowest BCUT2D eigenvalue weighted by molar-refractivity contribution is 0.0418. The maximum absolute atomic E-state index is 9.88. The molecule has 0 saturated heterocycles. The average molecular weight is 198 g/mol. The second-order valence-corrected chi connectivity index (χ2v) is 4.91. The lowest BCUT2D eigenvalue weighted by atomic mass is 9.76. The van der Waals surface area contributed by atoms with Crippen molar-refractivity contribution in [3.63, 3.8) is 0 Å². The smallest absolute Gasteiger partial charge is 0.0568 e. The van der Waals surface area contributed by atoms with Gasteiger partial charge in [-0.3, -0.25) is 0 Å². The molecule has 0 aliphatic heterocycles. The molecule has 0 aromatic carbocycles. The fourth-order valence-electron chi connectivity index (χ4n) is 2.68. The van der Waals surface area contributed by atoms with Crippen LogP contribution < -0.4 is 0 Å². The van der Waals surface area contributed by atoms with Crippen LogP contribution in [-0.2, 0) is 0 Å². The Morgan fingerprint density at radius 3 is 2.57 bits per heavy atom. The van der Waals surface area contributed by atoms with E-state index in [0.717, 1.165) is 12.3 Å². The molecule has 14 heavy (non-hydrogen) atoms. The molecule has 3 atom stereocenters. The Morgan fingerprint density at radius 2 is 1.93 bits per heavy atom. The minimum Gasteiger partial charge on any atom is -0.393 e. The number of rotatable bonds is 5. The normalized spacial score (nSPS) is 33.2. The highest BCUT2D eigenvalue weighted by molar-refractivity contribution is 4.79. The van der Waals surface area contributed by atoms with Gasteiger partial charge in [0.25, 0.3) is 0 Å². The quantitative estimate of drug-likeness (QED) is 0.667. The van der Waals surface area contributed by atoms with Crippen molar-refractivity contribution in [2.75, 3.05) is 0 Å². The van der Waals surface area contributed by atoms with Crippen LogP contribution in [0.2, 0.25) is 0 Å². The average Bonchev–Trinajstić information content (AvgIpc) is 2.21. The number of hydrogen-bond acceptors (Lipinski definition) is 1. The zero-order chi connectivity index (χ0) is 10.4. The van der Waals surface area contributed by atoms with Crippen molar-refractivity contribution in [3.8, 4) is 0 Å². The summed E-state index contributed by atoms with van der Waals surface area (Å²) < 4.78 is 0.